The van der Waals surface area contributed by atoms with Crippen molar-refractivity contribution in [3.63, 3.8) is 0 Å². The van der Waals surface area contributed by atoms with Crippen molar-refractivity contribution in [2.75, 3.05) is 11.9 Å². The molecule has 0 atom stereocenters. The molecule has 1 saturated carbocycles. The first kappa shape index (κ1) is 13.0. The number of aromatic nitrogens is 2. The first-order chi connectivity index (χ1) is 9.73. The van der Waals surface area contributed by atoms with E-state index in [4.69, 9.17) is 5.73 Å². The molecule has 5 nitrogen and oxygen atoms in total. The van der Waals surface area contributed by atoms with Crippen molar-refractivity contribution < 1.29 is 4.79 Å². The Balaban J connectivity index is 1.83. The minimum Gasteiger partial charge on any atom is -0.329 e. The minimum atomic E-state index is -0.392. The molecule has 1 aliphatic rings. The molecule has 0 aliphatic heterocycles. The van der Waals surface area contributed by atoms with Crippen LogP contribution in [0.1, 0.15) is 25.7 Å². The van der Waals surface area contributed by atoms with Gasteiger partial charge in [-0.15, -0.1) is 0 Å². The summed E-state index contributed by atoms with van der Waals surface area (Å²) in [4.78, 5) is 20.9. The highest BCUT2D eigenvalue weighted by Crippen LogP contribution is 2.38. The van der Waals surface area contributed by atoms with Crippen molar-refractivity contribution >= 4 is 22.6 Å². The van der Waals surface area contributed by atoms with Crippen LogP contribution in [0.4, 0.5) is 5.69 Å². The molecule has 1 aromatic carbocycles. The summed E-state index contributed by atoms with van der Waals surface area (Å²) in [6.45, 7) is 0.409. The molecule has 1 aliphatic carbocycles. The second-order valence-corrected chi connectivity index (χ2v) is 5.41. The average Bonchev–Trinajstić information content (AvgIpc) is 2.97. The van der Waals surface area contributed by atoms with Gasteiger partial charge in [0.25, 0.3) is 0 Å². The third-order valence-electron chi connectivity index (χ3n) is 4.16. The third-order valence-corrected chi connectivity index (χ3v) is 4.16. The maximum absolute atomic E-state index is 12.5. The molecule has 104 valence electrons. The number of nitrogens with one attached hydrogen (secondary N) is 1. The summed E-state index contributed by atoms with van der Waals surface area (Å²) in [5.41, 5.74) is 7.79. The van der Waals surface area contributed by atoms with Crippen LogP contribution in [0.5, 0.6) is 0 Å². The Labute approximate surface area is 117 Å². The van der Waals surface area contributed by atoms with Crippen LogP contribution in [0.25, 0.3) is 11.0 Å². The summed E-state index contributed by atoms with van der Waals surface area (Å²) in [5.74, 6) is 0.0285. The number of fused-ring (bicyclic) bond motifs is 1. The zero-order valence-electron chi connectivity index (χ0n) is 11.3. The number of carbonyl (C=O) groups excluding carboxylic acids is 1. The number of nitrogens with two attached hydrogens (primary N) is 1. The Morgan fingerprint density at radius 3 is 2.60 bits per heavy atom. The predicted molar refractivity (Wildman–Crippen MR) is 78.1 cm³/mol. The molecule has 1 heterocycles. The quantitative estimate of drug-likeness (QED) is 0.894. The van der Waals surface area contributed by atoms with E-state index in [2.05, 4.69) is 15.3 Å². The molecular weight excluding hydrogens is 252 g/mol. The van der Waals surface area contributed by atoms with Crippen molar-refractivity contribution in [1.29, 1.82) is 0 Å². The number of benzene rings is 1. The SMILES string of the molecule is NCC1(C(=O)Nc2ccc3nccnc3c2)CCCC1. The molecular formula is C15H18N4O. The lowest BCUT2D eigenvalue weighted by Gasteiger charge is -2.25. The van der Waals surface area contributed by atoms with Crippen LogP contribution in [-0.2, 0) is 4.79 Å². The molecule has 0 bridgehead atoms. The van der Waals surface area contributed by atoms with Gasteiger partial charge in [0.2, 0.25) is 5.91 Å². The molecule has 0 saturated heterocycles. The van der Waals surface area contributed by atoms with Crippen LogP contribution < -0.4 is 11.1 Å². The van der Waals surface area contributed by atoms with Gasteiger partial charge in [-0.1, -0.05) is 12.8 Å². The average molecular weight is 270 g/mol. The number of hydrogen-bond acceptors (Lipinski definition) is 4. The predicted octanol–water partition coefficient (Wildman–Crippen LogP) is 2.09. The van der Waals surface area contributed by atoms with Crippen molar-refractivity contribution in [3.8, 4) is 0 Å². The van der Waals surface area contributed by atoms with Crippen molar-refractivity contribution in [2.45, 2.75) is 25.7 Å². The molecule has 0 spiro atoms. The van der Waals surface area contributed by atoms with Crippen molar-refractivity contribution in [1.82, 2.24) is 9.97 Å². The van der Waals surface area contributed by atoms with E-state index >= 15 is 0 Å². The lowest BCUT2D eigenvalue weighted by atomic mass is 9.85. The van der Waals surface area contributed by atoms with Crippen LogP contribution in [0.3, 0.4) is 0 Å². The Bertz CT molecular complexity index is 635. The maximum Gasteiger partial charge on any atom is 0.231 e. The summed E-state index contributed by atoms with van der Waals surface area (Å²) in [6, 6.07) is 5.56. The minimum absolute atomic E-state index is 0.0285. The first-order valence-electron chi connectivity index (χ1n) is 6.96. The molecule has 2 aromatic rings. The molecule has 20 heavy (non-hydrogen) atoms. The smallest absolute Gasteiger partial charge is 0.231 e. The standard InChI is InChI=1S/C15H18N4O/c16-10-15(5-1-2-6-15)14(20)19-11-3-4-12-13(9-11)18-8-7-17-12/h3-4,7-9H,1-2,5-6,10,16H2,(H,19,20). The van der Waals surface area contributed by atoms with Gasteiger partial charge in [-0.2, -0.15) is 0 Å². The molecule has 1 fully saturated rings. The van der Waals surface area contributed by atoms with Crippen LogP contribution in [-0.4, -0.2) is 22.4 Å². The van der Waals surface area contributed by atoms with Gasteiger partial charge in [0.05, 0.1) is 16.4 Å². The topological polar surface area (TPSA) is 80.9 Å². The zero-order chi connectivity index (χ0) is 14.0. The van der Waals surface area contributed by atoms with Crippen LogP contribution in [0.15, 0.2) is 30.6 Å². The highest BCUT2D eigenvalue weighted by Gasteiger charge is 2.39. The Kier molecular flexibility index (Phi) is 3.36. The third kappa shape index (κ3) is 2.25. The fraction of sp³-hybridized carbons (Fsp3) is 0.400. The van der Waals surface area contributed by atoms with E-state index in [0.29, 0.717) is 6.54 Å². The second-order valence-electron chi connectivity index (χ2n) is 5.41. The normalized spacial score (nSPS) is 17.2. The Hall–Kier alpha value is -2.01. The summed E-state index contributed by atoms with van der Waals surface area (Å²) < 4.78 is 0. The molecule has 0 unspecified atom stereocenters. The fourth-order valence-corrected chi connectivity index (χ4v) is 2.88. The van der Waals surface area contributed by atoms with Crippen molar-refractivity contribution in [3.05, 3.63) is 30.6 Å². The van der Waals surface area contributed by atoms with Crippen LogP contribution in [0.2, 0.25) is 0 Å². The highest BCUT2D eigenvalue weighted by molar-refractivity contribution is 5.97. The molecule has 3 rings (SSSR count). The Morgan fingerprint density at radius 2 is 1.90 bits per heavy atom. The van der Waals surface area contributed by atoms with E-state index in [0.717, 1.165) is 42.4 Å². The first-order valence-corrected chi connectivity index (χ1v) is 6.96. The van der Waals surface area contributed by atoms with Gasteiger partial charge >= 0.3 is 0 Å². The monoisotopic (exact) mass is 270 g/mol. The van der Waals surface area contributed by atoms with Gasteiger partial charge < -0.3 is 11.1 Å². The largest absolute Gasteiger partial charge is 0.329 e. The van der Waals surface area contributed by atoms with E-state index in [-0.39, 0.29) is 5.91 Å². The van der Waals surface area contributed by atoms with E-state index in [1.807, 2.05) is 18.2 Å². The highest BCUT2D eigenvalue weighted by atomic mass is 16.2. The van der Waals surface area contributed by atoms with Gasteiger partial charge in [-0.3, -0.25) is 14.8 Å². The van der Waals surface area contributed by atoms with Gasteiger partial charge in [-0.25, -0.2) is 0 Å². The van der Waals surface area contributed by atoms with Gasteiger partial charge in [-0.05, 0) is 31.0 Å². The summed E-state index contributed by atoms with van der Waals surface area (Å²) >= 11 is 0. The summed E-state index contributed by atoms with van der Waals surface area (Å²) in [7, 11) is 0. The van der Waals surface area contributed by atoms with Crippen LogP contribution >= 0.6 is 0 Å². The van der Waals surface area contributed by atoms with Crippen LogP contribution in [0, 0.1) is 5.41 Å². The zero-order valence-corrected chi connectivity index (χ0v) is 11.3. The molecule has 1 amide bonds. The molecule has 5 heteroatoms. The maximum atomic E-state index is 12.5. The second kappa shape index (κ2) is 5.17. The molecule has 0 radical (unpaired) electrons. The number of amides is 1. The van der Waals surface area contributed by atoms with E-state index < -0.39 is 5.41 Å². The number of rotatable bonds is 3. The number of hydrogen-bond donors (Lipinski definition) is 2. The molecule has 3 N–H and O–H groups in total. The number of anilines is 1. The lowest BCUT2D eigenvalue weighted by molar-refractivity contribution is -0.124. The Morgan fingerprint density at radius 1 is 1.20 bits per heavy atom. The van der Waals surface area contributed by atoms with E-state index in [9.17, 15) is 4.79 Å². The number of nitrogens with zero attached hydrogens (tertiary/aromatic N) is 2. The molecule has 1 aromatic heterocycles. The van der Waals surface area contributed by atoms with Crippen molar-refractivity contribution in [2.24, 2.45) is 11.1 Å². The fourth-order valence-electron chi connectivity index (χ4n) is 2.88. The van der Waals surface area contributed by atoms with E-state index in [1.165, 1.54) is 0 Å². The van der Waals surface area contributed by atoms with Gasteiger partial charge in [0.15, 0.2) is 0 Å². The number of carbonyl (C=O) groups is 1. The van der Waals surface area contributed by atoms with E-state index in [1.54, 1.807) is 12.4 Å². The summed E-state index contributed by atoms with van der Waals surface area (Å²) in [6.07, 6.45) is 7.21. The van der Waals surface area contributed by atoms with Gasteiger partial charge in [0.1, 0.15) is 0 Å². The summed E-state index contributed by atoms with van der Waals surface area (Å²) in [5, 5.41) is 2.98. The van der Waals surface area contributed by atoms with Gasteiger partial charge in [0, 0.05) is 24.6 Å². The lowest BCUT2D eigenvalue weighted by Crippen LogP contribution is -2.40.